The number of para-hydroxylation sites is 1. The minimum Gasteiger partial charge on any atom is -0.326 e. The fraction of sp³-hybridized carbons (Fsp3) is 0.100. The zero-order chi connectivity index (χ0) is 19.5. The topological polar surface area (TPSA) is 76.9 Å². The minimum absolute atomic E-state index is 0.123. The van der Waals surface area contributed by atoms with Gasteiger partial charge in [0.2, 0.25) is 5.91 Å². The lowest BCUT2D eigenvalue weighted by Crippen LogP contribution is -2.21. The summed E-state index contributed by atoms with van der Waals surface area (Å²) in [5.41, 5.74) is 2.01. The number of anilines is 1. The first-order valence-corrected chi connectivity index (χ1v) is 10.2. The molecule has 0 atom stereocenters. The van der Waals surface area contributed by atoms with Gasteiger partial charge in [-0.25, -0.2) is 9.97 Å². The molecule has 0 aliphatic rings. The van der Waals surface area contributed by atoms with Crippen LogP contribution in [0.15, 0.2) is 69.5 Å². The first-order chi connectivity index (χ1) is 13.6. The summed E-state index contributed by atoms with van der Waals surface area (Å²) >= 11 is 4.79. The lowest BCUT2D eigenvalue weighted by molar-refractivity contribution is -0.115. The highest BCUT2D eigenvalue weighted by Gasteiger charge is 2.11. The molecular formula is C20H15BrN4O2S. The van der Waals surface area contributed by atoms with E-state index in [0.29, 0.717) is 22.5 Å². The Morgan fingerprint density at radius 3 is 2.82 bits per heavy atom. The van der Waals surface area contributed by atoms with Gasteiger partial charge in [-0.2, -0.15) is 0 Å². The van der Waals surface area contributed by atoms with Gasteiger partial charge >= 0.3 is 0 Å². The molecule has 4 aromatic rings. The summed E-state index contributed by atoms with van der Waals surface area (Å²) in [4.78, 5) is 33.7. The Morgan fingerprint density at radius 1 is 1.18 bits per heavy atom. The molecule has 2 aromatic heterocycles. The Bertz CT molecular complexity index is 1200. The van der Waals surface area contributed by atoms with Gasteiger partial charge in [-0.1, -0.05) is 34.1 Å². The number of hydrogen-bond donors (Lipinski definition) is 1. The molecule has 140 valence electrons. The molecule has 0 saturated heterocycles. The summed E-state index contributed by atoms with van der Waals surface area (Å²) in [7, 11) is 0. The zero-order valence-corrected chi connectivity index (χ0v) is 17.0. The molecule has 1 amide bonds. The largest absolute Gasteiger partial charge is 0.326 e. The molecule has 8 heteroatoms. The predicted octanol–water partition coefficient (Wildman–Crippen LogP) is 3.85. The molecule has 1 N–H and O–H groups in total. The highest BCUT2D eigenvalue weighted by atomic mass is 79.9. The monoisotopic (exact) mass is 454 g/mol. The molecule has 0 aliphatic carbocycles. The number of rotatable bonds is 5. The van der Waals surface area contributed by atoms with Crippen LogP contribution < -0.4 is 10.9 Å². The maximum Gasteiger partial charge on any atom is 0.261 e. The summed E-state index contributed by atoms with van der Waals surface area (Å²) < 4.78 is 2.36. The number of benzene rings is 2. The second-order valence-corrected chi connectivity index (χ2v) is 8.02. The maximum absolute atomic E-state index is 12.7. The van der Waals surface area contributed by atoms with Crippen molar-refractivity contribution in [1.29, 1.82) is 0 Å². The first-order valence-electron chi connectivity index (χ1n) is 8.51. The SMILES string of the molecule is O=C(Cc1nc(Cn2cnc3ccc(Br)cc3c2=O)cs1)Nc1ccccc1. The van der Waals surface area contributed by atoms with Gasteiger partial charge in [0.15, 0.2) is 0 Å². The molecule has 2 aromatic carbocycles. The van der Waals surface area contributed by atoms with Crippen LogP contribution in [0.3, 0.4) is 0 Å². The van der Waals surface area contributed by atoms with Gasteiger partial charge in [0.1, 0.15) is 5.01 Å². The molecule has 6 nitrogen and oxygen atoms in total. The number of fused-ring (bicyclic) bond motifs is 1. The molecule has 0 aliphatic heterocycles. The van der Waals surface area contributed by atoms with E-state index in [0.717, 1.165) is 15.9 Å². The first kappa shape index (κ1) is 18.5. The number of thiazole rings is 1. The second-order valence-electron chi connectivity index (χ2n) is 6.16. The van der Waals surface area contributed by atoms with Crippen molar-refractivity contribution in [2.45, 2.75) is 13.0 Å². The Hall–Kier alpha value is -2.84. The highest BCUT2D eigenvalue weighted by Crippen LogP contribution is 2.16. The number of amides is 1. The van der Waals surface area contributed by atoms with E-state index in [1.165, 1.54) is 22.2 Å². The summed E-state index contributed by atoms with van der Waals surface area (Å²) in [6.07, 6.45) is 1.72. The van der Waals surface area contributed by atoms with Gasteiger partial charge in [-0.15, -0.1) is 11.3 Å². The van der Waals surface area contributed by atoms with E-state index < -0.39 is 0 Å². The fourth-order valence-electron chi connectivity index (χ4n) is 2.79. The van der Waals surface area contributed by atoms with Gasteiger partial charge in [0.25, 0.3) is 5.56 Å². The number of aromatic nitrogens is 3. The molecule has 2 heterocycles. The Balaban J connectivity index is 1.48. The van der Waals surface area contributed by atoms with Crippen LogP contribution in [-0.4, -0.2) is 20.4 Å². The molecule has 0 bridgehead atoms. The molecule has 0 spiro atoms. The average molecular weight is 455 g/mol. The third-order valence-electron chi connectivity index (χ3n) is 4.09. The summed E-state index contributed by atoms with van der Waals surface area (Å²) in [6.45, 7) is 0.311. The van der Waals surface area contributed by atoms with Crippen molar-refractivity contribution in [2.24, 2.45) is 0 Å². The van der Waals surface area contributed by atoms with Crippen LogP contribution in [0.1, 0.15) is 10.7 Å². The summed E-state index contributed by atoms with van der Waals surface area (Å²) in [5, 5.41) is 5.96. The van der Waals surface area contributed by atoms with Crippen molar-refractivity contribution >= 4 is 49.8 Å². The van der Waals surface area contributed by atoms with Crippen LogP contribution in [0.25, 0.3) is 10.9 Å². The van der Waals surface area contributed by atoms with E-state index in [1.807, 2.05) is 41.8 Å². The van der Waals surface area contributed by atoms with Crippen LogP contribution in [0, 0.1) is 0 Å². The zero-order valence-electron chi connectivity index (χ0n) is 14.6. The van der Waals surface area contributed by atoms with Crippen LogP contribution in [0.5, 0.6) is 0 Å². The van der Waals surface area contributed by atoms with Crippen molar-refractivity contribution < 1.29 is 4.79 Å². The van der Waals surface area contributed by atoms with Crippen LogP contribution >= 0.6 is 27.3 Å². The quantitative estimate of drug-likeness (QED) is 0.496. The Morgan fingerprint density at radius 2 is 2.00 bits per heavy atom. The smallest absolute Gasteiger partial charge is 0.261 e. The van der Waals surface area contributed by atoms with Crippen LogP contribution in [0.2, 0.25) is 0 Å². The van der Waals surface area contributed by atoms with E-state index in [4.69, 9.17) is 0 Å². The number of halogens is 1. The Kier molecular flexibility index (Phi) is 5.31. The van der Waals surface area contributed by atoms with Gasteiger partial charge in [0, 0.05) is 15.5 Å². The van der Waals surface area contributed by atoms with E-state index in [2.05, 4.69) is 31.2 Å². The van der Waals surface area contributed by atoms with Crippen LogP contribution in [-0.2, 0) is 17.8 Å². The maximum atomic E-state index is 12.7. The fourth-order valence-corrected chi connectivity index (χ4v) is 3.93. The van der Waals surface area contributed by atoms with Crippen molar-refractivity contribution in [1.82, 2.24) is 14.5 Å². The summed E-state index contributed by atoms with van der Waals surface area (Å²) in [6, 6.07) is 14.7. The van der Waals surface area contributed by atoms with Gasteiger partial charge < -0.3 is 5.32 Å². The molecule has 28 heavy (non-hydrogen) atoms. The van der Waals surface area contributed by atoms with Gasteiger partial charge in [-0.3, -0.25) is 14.2 Å². The predicted molar refractivity (Wildman–Crippen MR) is 114 cm³/mol. The van der Waals surface area contributed by atoms with Crippen molar-refractivity contribution in [2.75, 3.05) is 5.32 Å². The van der Waals surface area contributed by atoms with E-state index in [1.54, 1.807) is 12.1 Å². The highest BCUT2D eigenvalue weighted by molar-refractivity contribution is 9.10. The van der Waals surface area contributed by atoms with Crippen molar-refractivity contribution in [3.63, 3.8) is 0 Å². The molecular weight excluding hydrogens is 440 g/mol. The molecule has 4 rings (SSSR count). The minimum atomic E-state index is -0.124. The third kappa shape index (κ3) is 4.18. The number of nitrogens with zero attached hydrogens (tertiary/aromatic N) is 3. The van der Waals surface area contributed by atoms with E-state index in [-0.39, 0.29) is 17.9 Å². The molecule has 0 fully saturated rings. The number of carbonyl (C=O) groups is 1. The lowest BCUT2D eigenvalue weighted by Gasteiger charge is -2.05. The van der Waals surface area contributed by atoms with E-state index >= 15 is 0 Å². The Labute approximate surface area is 173 Å². The molecule has 0 unspecified atom stereocenters. The van der Waals surface area contributed by atoms with Crippen molar-refractivity contribution in [3.05, 3.63) is 85.8 Å². The number of carbonyl (C=O) groups excluding carboxylic acids is 1. The summed E-state index contributed by atoms with van der Waals surface area (Å²) in [5.74, 6) is -0.124. The lowest BCUT2D eigenvalue weighted by atomic mass is 10.2. The van der Waals surface area contributed by atoms with E-state index in [9.17, 15) is 9.59 Å². The van der Waals surface area contributed by atoms with Crippen molar-refractivity contribution in [3.8, 4) is 0 Å². The van der Waals surface area contributed by atoms with Gasteiger partial charge in [0.05, 0.1) is 35.9 Å². The van der Waals surface area contributed by atoms with Crippen LogP contribution in [0.4, 0.5) is 5.69 Å². The van der Waals surface area contributed by atoms with Gasteiger partial charge in [-0.05, 0) is 30.3 Å². The normalized spacial score (nSPS) is 10.9. The average Bonchev–Trinajstić information content (AvgIpc) is 3.12. The number of hydrogen-bond acceptors (Lipinski definition) is 5. The molecule has 0 saturated carbocycles. The standard InChI is InChI=1S/C20H15BrN4O2S/c21-13-6-7-17-16(8-13)20(27)25(12-22-17)10-15-11-28-19(24-15)9-18(26)23-14-4-2-1-3-5-14/h1-8,11-12H,9-10H2,(H,23,26). The second kappa shape index (κ2) is 8.04. The number of nitrogens with one attached hydrogen (secondary N) is 1. The third-order valence-corrected chi connectivity index (χ3v) is 5.48. The molecule has 0 radical (unpaired) electrons.